The molecule has 5 heteroatoms. The fraction of sp³-hybridized carbons (Fsp3) is 0.556. The summed E-state index contributed by atoms with van der Waals surface area (Å²) < 4.78 is 4.83. The topological polar surface area (TPSA) is 55.4 Å². The lowest BCUT2D eigenvalue weighted by Gasteiger charge is -2.19. The Bertz CT molecular complexity index is 506. The zero-order chi connectivity index (χ0) is 17.3. The molecule has 1 amide bonds. The number of nitrogens with one attached hydrogen (secondary N) is 1. The number of carbonyl (C=O) groups is 2. The van der Waals surface area contributed by atoms with Gasteiger partial charge in [-0.3, -0.25) is 9.59 Å². The van der Waals surface area contributed by atoms with Crippen molar-refractivity contribution >= 4 is 23.6 Å². The van der Waals surface area contributed by atoms with Crippen LogP contribution in [-0.2, 0) is 19.7 Å². The van der Waals surface area contributed by atoms with Crippen LogP contribution in [0.15, 0.2) is 29.2 Å². The van der Waals surface area contributed by atoms with Crippen molar-refractivity contribution in [3.63, 3.8) is 0 Å². The molecular formula is C18H27NO3S. The molecule has 0 saturated carbocycles. The molecule has 1 rings (SSSR count). The van der Waals surface area contributed by atoms with Gasteiger partial charge in [-0.1, -0.05) is 32.9 Å². The summed E-state index contributed by atoms with van der Waals surface area (Å²) in [5.41, 5.74) is 1.42. The van der Waals surface area contributed by atoms with E-state index in [0.29, 0.717) is 31.7 Å². The molecular weight excluding hydrogens is 310 g/mol. The van der Waals surface area contributed by atoms with Crippen molar-refractivity contribution in [1.82, 2.24) is 5.32 Å². The Morgan fingerprint density at radius 2 is 1.83 bits per heavy atom. The summed E-state index contributed by atoms with van der Waals surface area (Å²) in [6, 6.07) is 8.33. The Morgan fingerprint density at radius 1 is 1.17 bits per heavy atom. The molecule has 4 nitrogen and oxygen atoms in total. The van der Waals surface area contributed by atoms with Crippen LogP contribution in [0.1, 0.15) is 46.1 Å². The molecule has 0 saturated heterocycles. The molecule has 128 valence electrons. The molecule has 0 spiro atoms. The van der Waals surface area contributed by atoms with Crippen LogP contribution in [-0.4, -0.2) is 30.8 Å². The van der Waals surface area contributed by atoms with Gasteiger partial charge in [0, 0.05) is 17.9 Å². The van der Waals surface area contributed by atoms with Gasteiger partial charge in [-0.2, -0.15) is 0 Å². The number of carbonyl (C=O) groups excluding carboxylic acids is 2. The minimum Gasteiger partial charge on any atom is -0.466 e. The van der Waals surface area contributed by atoms with Crippen LogP contribution >= 0.6 is 11.8 Å². The number of hydrogen-bond acceptors (Lipinski definition) is 4. The number of amides is 1. The molecule has 0 bridgehead atoms. The smallest absolute Gasteiger partial charge is 0.305 e. The van der Waals surface area contributed by atoms with Crippen LogP contribution in [0.2, 0.25) is 0 Å². The van der Waals surface area contributed by atoms with E-state index in [1.54, 1.807) is 6.92 Å². The van der Waals surface area contributed by atoms with E-state index in [4.69, 9.17) is 4.74 Å². The van der Waals surface area contributed by atoms with Crippen molar-refractivity contribution in [3.05, 3.63) is 29.8 Å². The SMILES string of the molecule is CCOC(=O)CCCNC(=O)CSc1ccc(C(C)(C)C)cc1. The molecule has 0 unspecified atom stereocenters. The number of rotatable bonds is 8. The Morgan fingerprint density at radius 3 is 2.39 bits per heavy atom. The van der Waals surface area contributed by atoms with E-state index in [1.165, 1.54) is 17.3 Å². The second kappa shape index (κ2) is 9.60. The van der Waals surface area contributed by atoms with Gasteiger partial charge in [-0.05, 0) is 36.5 Å². The van der Waals surface area contributed by atoms with Gasteiger partial charge in [0.15, 0.2) is 0 Å². The third-order valence-corrected chi connectivity index (χ3v) is 4.29. The highest BCUT2D eigenvalue weighted by molar-refractivity contribution is 8.00. The summed E-state index contributed by atoms with van der Waals surface area (Å²) in [7, 11) is 0. The fourth-order valence-electron chi connectivity index (χ4n) is 1.94. The zero-order valence-electron chi connectivity index (χ0n) is 14.5. The fourth-order valence-corrected chi connectivity index (χ4v) is 2.67. The third kappa shape index (κ3) is 8.07. The summed E-state index contributed by atoms with van der Waals surface area (Å²) in [6.45, 7) is 9.22. The highest BCUT2D eigenvalue weighted by Crippen LogP contribution is 2.25. The monoisotopic (exact) mass is 337 g/mol. The highest BCUT2D eigenvalue weighted by atomic mass is 32.2. The average molecular weight is 337 g/mol. The van der Waals surface area contributed by atoms with E-state index in [1.807, 2.05) is 0 Å². The molecule has 23 heavy (non-hydrogen) atoms. The van der Waals surface area contributed by atoms with Gasteiger partial charge in [-0.15, -0.1) is 11.8 Å². The van der Waals surface area contributed by atoms with E-state index in [0.717, 1.165) is 4.90 Å². The van der Waals surface area contributed by atoms with Crippen LogP contribution in [0.4, 0.5) is 0 Å². The first-order valence-corrected chi connectivity index (χ1v) is 8.97. The Balaban J connectivity index is 2.24. The second-order valence-corrected chi connectivity index (χ2v) is 7.37. The Kier molecular flexibility index (Phi) is 8.17. The number of ether oxygens (including phenoxy) is 1. The van der Waals surface area contributed by atoms with Gasteiger partial charge < -0.3 is 10.1 Å². The molecule has 0 radical (unpaired) electrons. The summed E-state index contributed by atoms with van der Waals surface area (Å²) in [6.07, 6.45) is 0.949. The van der Waals surface area contributed by atoms with Gasteiger partial charge in [0.25, 0.3) is 0 Å². The van der Waals surface area contributed by atoms with Crippen molar-refractivity contribution in [1.29, 1.82) is 0 Å². The average Bonchev–Trinajstić information content (AvgIpc) is 2.49. The Hall–Kier alpha value is -1.49. The lowest BCUT2D eigenvalue weighted by Crippen LogP contribution is -2.26. The van der Waals surface area contributed by atoms with Gasteiger partial charge in [0.1, 0.15) is 0 Å². The molecule has 0 aliphatic heterocycles. The minimum atomic E-state index is -0.213. The molecule has 0 heterocycles. The van der Waals surface area contributed by atoms with Gasteiger partial charge in [0.05, 0.1) is 12.4 Å². The molecule has 1 N–H and O–H groups in total. The van der Waals surface area contributed by atoms with Gasteiger partial charge in [0.2, 0.25) is 5.91 Å². The number of benzene rings is 1. The predicted octanol–water partition coefficient (Wildman–Crippen LogP) is 3.54. The summed E-state index contributed by atoms with van der Waals surface area (Å²) in [5, 5.41) is 2.82. The zero-order valence-corrected chi connectivity index (χ0v) is 15.3. The van der Waals surface area contributed by atoms with E-state index in [-0.39, 0.29) is 17.3 Å². The van der Waals surface area contributed by atoms with E-state index in [2.05, 4.69) is 50.4 Å². The maximum atomic E-state index is 11.8. The lowest BCUT2D eigenvalue weighted by atomic mass is 9.87. The summed E-state index contributed by atoms with van der Waals surface area (Å²) in [5.74, 6) is 0.155. The molecule has 0 aliphatic carbocycles. The molecule has 0 fully saturated rings. The first-order chi connectivity index (χ1) is 10.8. The highest BCUT2D eigenvalue weighted by Gasteiger charge is 2.13. The van der Waals surface area contributed by atoms with E-state index >= 15 is 0 Å². The number of esters is 1. The molecule has 0 atom stereocenters. The first kappa shape index (κ1) is 19.6. The van der Waals surface area contributed by atoms with Crippen LogP contribution in [0.3, 0.4) is 0 Å². The second-order valence-electron chi connectivity index (χ2n) is 6.32. The van der Waals surface area contributed by atoms with E-state index < -0.39 is 0 Å². The quantitative estimate of drug-likeness (QED) is 0.448. The van der Waals surface area contributed by atoms with Crippen molar-refractivity contribution in [2.45, 2.75) is 50.8 Å². The van der Waals surface area contributed by atoms with Gasteiger partial charge >= 0.3 is 5.97 Å². The minimum absolute atomic E-state index is 0.0150. The number of thioether (sulfide) groups is 1. The molecule has 1 aromatic rings. The first-order valence-electron chi connectivity index (χ1n) is 7.98. The Labute approximate surface area is 143 Å². The van der Waals surface area contributed by atoms with Crippen molar-refractivity contribution in [3.8, 4) is 0 Å². The molecule has 1 aromatic carbocycles. The van der Waals surface area contributed by atoms with Crippen molar-refractivity contribution in [2.75, 3.05) is 18.9 Å². The normalized spacial score (nSPS) is 11.1. The van der Waals surface area contributed by atoms with Crippen LogP contribution in [0.25, 0.3) is 0 Å². The largest absolute Gasteiger partial charge is 0.466 e. The number of hydrogen-bond donors (Lipinski definition) is 1. The standard InChI is InChI=1S/C18H27NO3S/c1-5-22-17(21)7-6-12-19-16(20)13-23-15-10-8-14(9-11-15)18(2,3)4/h8-11H,5-7,12-13H2,1-4H3,(H,19,20). The summed E-state index contributed by atoms with van der Waals surface area (Å²) in [4.78, 5) is 24.0. The summed E-state index contributed by atoms with van der Waals surface area (Å²) >= 11 is 1.52. The maximum Gasteiger partial charge on any atom is 0.305 e. The molecule has 0 aliphatic rings. The molecule has 0 aromatic heterocycles. The maximum absolute atomic E-state index is 11.8. The van der Waals surface area contributed by atoms with Crippen LogP contribution < -0.4 is 5.32 Å². The van der Waals surface area contributed by atoms with Crippen molar-refractivity contribution in [2.24, 2.45) is 0 Å². The van der Waals surface area contributed by atoms with Gasteiger partial charge in [-0.25, -0.2) is 0 Å². The predicted molar refractivity (Wildman–Crippen MR) is 94.7 cm³/mol. The van der Waals surface area contributed by atoms with E-state index in [9.17, 15) is 9.59 Å². The van der Waals surface area contributed by atoms with Crippen LogP contribution in [0.5, 0.6) is 0 Å². The van der Waals surface area contributed by atoms with Crippen LogP contribution in [0, 0.1) is 0 Å². The van der Waals surface area contributed by atoms with Crippen molar-refractivity contribution < 1.29 is 14.3 Å². The lowest BCUT2D eigenvalue weighted by molar-refractivity contribution is -0.143. The third-order valence-electron chi connectivity index (χ3n) is 3.28.